The third kappa shape index (κ3) is 11.0. The summed E-state index contributed by atoms with van der Waals surface area (Å²) >= 11 is -2.39. The van der Waals surface area contributed by atoms with E-state index in [0.717, 1.165) is 19.8 Å². The minimum absolute atomic E-state index is 0.540. The summed E-state index contributed by atoms with van der Waals surface area (Å²) in [5.74, 6) is 1.62. The zero-order chi connectivity index (χ0) is 12.6. The van der Waals surface area contributed by atoms with E-state index in [1.54, 1.807) is 0 Å². The van der Waals surface area contributed by atoms with Crippen molar-refractivity contribution in [1.82, 2.24) is 0 Å². The number of hydrogen-bond donors (Lipinski definition) is 0. The Kier molecular flexibility index (Phi) is 9.84. The van der Waals surface area contributed by atoms with Gasteiger partial charge in [-0.1, -0.05) is 0 Å². The van der Waals surface area contributed by atoms with Crippen LogP contribution in [-0.4, -0.2) is 37.1 Å². The van der Waals surface area contributed by atoms with Gasteiger partial charge in [0.1, 0.15) is 0 Å². The van der Waals surface area contributed by atoms with Gasteiger partial charge in [-0.3, -0.25) is 0 Å². The molecule has 0 aromatic carbocycles. The Bertz CT molecular complexity index is 132. The molecular weight excluding hydrogens is 262 g/mol. The fraction of sp³-hybridized carbons (Fsp3) is 1.00. The van der Waals surface area contributed by atoms with Crippen molar-refractivity contribution in [3.05, 3.63) is 0 Å². The van der Waals surface area contributed by atoms with Crippen LogP contribution in [0.4, 0.5) is 0 Å². The van der Waals surface area contributed by atoms with Gasteiger partial charge in [0.2, 0.25) is 0 Å². The summed E-state index contributed by atoms with van der Waals surface area (Å²) in [6.45, 7) is 15.1. The first-order valence-electron chi connectivity index (χ1n) is 6.26. The van der Waals surface area contributed by atoms with E-state index < -0.39 is 17.3 Å². The van der Waals surface area contributed by atoms with Gasteiger partial charge in [0.05, 0.1) is 0 Å². The van der Waals surface area contributed by atoms with E-state index in [1.165, 1.54) is 0 Å². The zero-order valence-corrected chi connectivity index (χ0v) is 14.1. The second kappa shape index (κ2) is 9.54. The maximum absolute atomic E-state index is 5.75. The Morgan fingerprint density at radius 3 is 1.06 bits per heavy atom. The third-order valence-electron chi connectivity index (χ3n) is 1.70. The molecule has 3 nitrogen and oxygen atoms in total. The predicted octanol–water partition coefficient (Wildman–Crippen LogP) is 2.99. The molecule has 0 saturated heterocycles. The van der Waals surface area contributed by atoms with E-state index in [0.29, 0.717) is 17.8 Å². The van der Waals surface area contributed by atoms with E-state index in [-0.39, 0.29) is 0 Å². The van der Waals surface area contributed by atoms with Gasteiger partial charge in [-0.05, 0) is 0 Å². The normalized spacial score (nSPS) is 11.8. The Labute approximate surface area is 107 Å². The van der Waals surface area contributed by atoms with Crippen LogP contribution in [0.15, 0.2) is 0 Å². The SMILES string of the molecule is CC(C)C[O][Ga]([O]CC(C)C)[O]CC(C)C. The Balaban J connectivity index is 3.85. The van der Waals surface area contributed by atoms with E-state index in [2.05, 4.69) is 41.5 Å². The maximum atomic E-state index is 5.75. The molecule has 0 aromatic heterocycles. The summed E-state index contributed by atoms with van der Waals surface area (Å²) in [6, 6.07) is 0. The van der Waals surface area contributed by atoms with E-state index in [4.69, 9.17) is 10.6 Å². The van der Waals surface area contributed by atoms with Crippen LogP contribution >= 0.6 is 0 Å². The summed E-state index contributed by atoms with van der Waals surface area (Å²) in [5, 5.41) is 0. The van der Waals surface area contributed by atoms with Gasteiger partial charge >= 0.3 is 107 Å². The van der Waals surface area contributed by atoms with Crippen molar-refractivity contribution < 1.29 is 10.6 Å². The van der Waals surface area contributed by atoms with Gasteiger partial charge in [0.25, 0.3) is 0 Å². The zero-order valence-electron chi connectivity index (χ0n) is 11.7. The molecule has 0 amide bonds. The molecule has 0 aliphatic rings. The first-order valence-corrected chi connectivity index (χ1v) is 9.23. The number of hydrogen-bond acceptors (Lipinski definition) is 3. The molecule has 0 radical (unpaired) electrons. The second-order valence-corrected chi connectivity index (χ2v) is 8.78. The summed E-state index contributed by atoms with van der Waals surface area (Å²) in [4.78, 5) is 0. The molecular formula is C12H27GaO3. The van der Waals surface area contributed by atoms with Gasteiger partial charge in [-0.15, -0.1) is 0 Å². The molecule has 96 valence electrons. The Morgan fingerprint density at radius 1 is 0.625 bits per heavy atom. The van der Waals surface area contributed by atoms with Crippen LogP contribution in [0, 0.1) is 17.8 Å². The fourth-order valence-corrected chi connectivity index (χ4v) is 4.97. The molecule has 0 aliphatic carbocycles. The summed E-state index contributed by atoms with van der Waals surface area (Å²) in [6.07, 6.45) is 0. The Hall–Kier alpha value is 0.516. The van der Waals surface area contributed by atoms with Crippen molar-refractivity contribution in [3.63, 3.8) is 0 Å². The van der Waals surface area contributed by atoms with Crippen LogP contribution in [0.25, 0.3) is 0 Å². The van der Waals surface area contributed by atoms with Gasteiger partial charge in [-0.25, -0.2) is 0 Å². The van der Waals surface area contributed by atoms with Gasteiger partial charge < -0.3 is 0 Å². The second-order valence-electron chi connectivity index (χ2n) is 5.47. The quantitative estimate of drug-likeness (QED) is 0.611. The average Bonchev–Trinajstić information content (AvgIpc) is 2.15. The van der Waals surface area contributed by atoms with Gasteiger partial charge in [0.15, 0.2) is 0 Å². The van der Waals surface area contributed by atoms with Crippen LogP contribution in [0.5, 0.6) is 0 Å². The molecule has 0 spiro atoms. The molecule has 16 heavy (non-hydrogen) atoms. The van der Waals surface area contributed by atoms with Crippen LogP contribution in [0.2, 0.25) is 0 Å². The first kappa shape index (κ1) is 16.5. The molecule has 0 aliphatic heterocycles. The summed E-state index contributed by atoms with van der Waals surface area (Å²) < 4.78 is 17.2. The van der Waals surface area contributed by atoms with E-state index >= 15 is 0 Å². The molecule has 0 N–H and O–H groups in total. The van der Waals surface area contributed by atoms with Crippen molar-refractivity contribution >= 4 is 17.3 Å². The van der Waals surface area contributed by atoms with Crippen LogP contribution < -0.4 is 0 Å². The van der Waals surface area contributed by atoms with Crippen molar-refractivity contribution in [2.24, 2.45) is 17.8 Å². The van der Waals surface area contributed by atoms with Crippen molar-refractivity contribution in [2.45, 2.75) is 41.5 Å². The van der Waals surface area contributed by atoms with Crippen LogP contribution in [-0.2, 0) is 10.6 Å². The number of rotatable bonds is 9. The molecule has 0 unspecified atom stereocenters. The third-order valence-corrected chi connectivity index (χ3v) is 4.62. The van der Waals surface area contributed by atoms with Gasteiger partial charge in [-0.2, -0.15) is 0 Å². The molecule has 0 atom stereocenters. The van der Waals surface area contributed by atoms with Crippen molar-refractivity contribution in [1.29, 1.82) is 0 Å². The van der Waals surface area contributed by atoms with Gasteiger partial charge in [0, 0.05) is 0 Å². The molecule has 0 rings (SSSR count). The molecule has 4 heteroatoms. The fourth-order valence-electron chi connectivity index (χ4n) is 0.957. The molecule has 0 saturated carbocycles. The van der Waals surface area contributed by atoms with E-state index in [1.807, 2.05) is 0 Å². The van der Waals surface area contributed by atoms with Crippen molar-refractivity contribution in [3.8, 4) is 0 Å². The van der Waals surface area contributed by atoms with Crippen LogP contribution in [0.3, 0.4) is 0 Å². The topological polar surface area (TPSA) is 27.7 Å². The molecule has 0 aromatic rings. The first-order chi connectivity index (χ1) is 7.41. The van der Waals surface area contributed by atoms with Crippen molar-refractivity contribution in [2.75, 3.05) is 19.8 Å². The molecule has 0 fully saturated rings. The standard InChI is InChI=1S/3C4H9O.Ga/c3*1-4(2)3-5;/h3*4H,3H2,1-2H3;/q3*-1;+3. The monoisotopic (exact) mass is 288 g/mol. The minimum atomic E-state index is -2.39. The summed E-state index contributed by atoms with van der Waals surface area (Å²) in [7, 11) is 0. The van der Waals surface area contributed by atoms with Crippen LogP contribution in [0.1, 0.15) is 41.5 Å². The molecule has 0 heterocycles. The summed E-state index contributed by atoms with van der Waals surface area (Å²) in [5.41, 5.74) is 0. The molecule has 0 bridgehead atoms. The van der Waals surface area contributed by atoms with E-state index in [9.17, 15) is 0 Å². The predicted molar refractivity (Wildman–Crippen MR) is 68.1 cm³/mol. The Morgan fingerprint density at radius 2 is 0.875 bits per heavy atom. The average molecular weight is 289 g/mol.